The van der Waals surface area contributed by atoms with Crippen LogP contribution in [0.1, 0.15) is 16.1 Å². The maximum absolute atomic E-state index is 14.8. The number of hydrogen-bond donors (Lipinski definition) is 2. The van der Waals surface area contributed by atoms with Crippen LogP contribution in [0.3, 0.4) is 0 Å². The van der Waals surface area contributed by atoms with E-state index in [1.807, 2.05) is 0 Å². The van der Waals surface area contributed by atoms with E-state index in [4.69, 9.17) is 4.74 Å². The van der Waals surface area contributed by atoms with Crippen molar-refractivity contribution in [1.82, 2.24) is 19.7 Å². The first kappa shape index (κ1) is 22.0. The molecule has 0 unspecified atom stereocenters. The minimum atomic E-state index is -0.697. The highest BCUT2D eigenvalue weighted by atomic mass is 19.1. The minimum Gasteiger partial charge on any atom is -0.453 e. The van der Waals surface area contributed by atoms with Crippen LogP contribution in [-0.4, -0.2) is 25.7 Å². The molecule has 0 fully saturated rings. The second-order valence-electron chi connectivity index (χ2n) is 7.66. The van der Waals surface area contributed by atoms with Crippen LogP contribution < -0.4 is 15.6 Å². The van der Waals surface area contributed by atoms with Crippen molar-refractivity contribution >= 4 is 22.6 Å². The Hall–Kier alpha value is -4.86. The number of pyridine rings is 1. The number of hydrogen-bond acceptors (Lipinski definition) is 5. The van der Waals surface area contributed by atoms with Crippen molar-refractivity contribution in [3.05, 3.63) is 106 Å². The molecular formula is C25H17F2N5O3. The van der Waals surface area contributed by atoms with Crippen LogP contribution in [0.5, 0.6) is 11.5 Å². The number of carbonyl (C=O) groups is 1. The summed E-state index contributed by atoms with van der Waals surface area (Å²) in [4.78, 5) is 32.3. The molecule has 0 radical (unpaired) electrons. The number of amides is 1. The maximum Gasteiger partial charge on any atom is 0.276 e. The number of aromatic nitrogens is 4. The number of rotatable bonds is 5. The molecule has 8 nitrogen and oxygen atoms in total. The Morgan fingerprint density at radius 1 is 1.06 bits per heavy atom. The van der Waals surface area contributed by atoms with Crippen LogP contribution in [-0.2, 0) is 0 Å². The normalized spacial score (nSPS) is 10.9. The molecule has 0 aliphatic carbocycles. The molecule has 0 saturated carbocycles. The van der Waals surface area contributed by atoms with Crippen molar-refractivity contribution in [1.29, 1.82) is 0 Å². The molecule has 0 bridgehead atoms. The molecule has 3 heterocycles. The van der Waals surface area contributed by atoms with Gasteiger partial charge in [-0.1, -0.05) is 6.07 Å². The van der Waals surface area contributed by atoms with Crippen LogP contribution in [0.2, 0.25) is 0 Å². The Labute approximate surface area is 196 Å². The predicted octanol–water partition coefficient (Wildman–Crippen LogP) is 4.74. The molecule has 0 spiro atoms. The van der Waals surface area contributed by atoms with Gasteiger partial charge >= 0.3 is 0 Å². The average molecular weight is 473 g/mol. The van der Waals surface area contributed by atoms with E-state index < -0.39 is 23.1 Å². The lowest BCUT2D eigenvalue weighted by atomic mass is 10.2. The van der Waals surface area contributed by atoms with E-state index in [0.717, 1.165) is 16.8 Å². The van der Waals surface area contributed by atoms with Crippen LogP contribution in [0.25, 0.3) is 16.7 Å². The van der Waals surface area contributed by atoms with Gasteiger partial charge in [0.25, 0.3) is 11.5 Å². The Balaban J connectivity index is 1.39. The number of aryl methyl sites for hydroxylation is 1. The summed E-state index contributed by atoms with van der Waals surface area (Å²) in [5, 5.41) is 7.36. The number of nitrogens with zero attached hydrogens (tertiary/aromatic N) is 3. The van der Waals surface area contributed by atoms with E-state index in [-0.39, 0.29) is 22.8 Å². The van der Waals surface area contributed by atoms with Crippen molar-refractivity contribution in [2.24, 2.45) is 0 Å². The second-order valence-corrected chi connectivity index (χ2v) is 7.66. The Kier molecular flexibility index (Phi) is 5.54. The van der Waals surface area contributed by atoms with E-state index >= 15 is 0 Å². The fourth-order valence-electron chi connectivity index (χ4n) is 3.55. The molecular weight excluding hydrogens is 456 g/mol. The van der Waals surface area contributed by atoms with Gasteiger partial charge in [0, 0.05) is 30.2 Å². The Bertz CT molecular complexity index is 1640. The summed E-state index contributed by atoms with van der Waals surface area (Å²) in [5.74, 6) is -1.52. The second kappa shape index (κ2) is 8.82. The molecule has 5 rings (SSSR count). The first-order chi connectivity index (χ1) is 16.9. The van der Waals surface area contributed by atoms with Gasteiger partial charge < -0.3 is 15.0 Å². The van der Waals surface area contributed by atoms with Gasteiger partial charge in [-0.15, -0.1) is 0 Å². The first-order valence-electron chi connectivity index (χ1n) is 10.5. The molecule has 5 aromatic rings. The lowest BCUT2D eigenvalue weighted by molar-refractivity contribution is 0.102. The molecule has 0 aliphatic heterocycles. The number of fused-ring (bicyclic) bond motifs is 1. The molecule has 3 aromatic heterocycles. The lowest BCUT2D eigenvalue weighted by Gasteiger charge is -2.12. The fraction of sp³-hybridized carbons (Fsp3) is 0.0400. The molecule has 0 saturated heterocycles. The topological polar surface area (TPSA) is 102 Å². The first-order valence-corrected chi connectivity index (χ1v) is 10.5. The van der Waals surface area contributed by atoms with Crippen LogP contribution in [0.15, 0.2) is 77.9 Å². The third-order valence-corrected chi connectivity index (χ3v) is 5.22. The summed E-state index contributed by atoms with van der Waals surface area (Å²) < 4.78 is 35.0. The number of aromatic amines is 1. The number of anilines is 1. The standard InChI is InChI=1S/C25H17F2N5O3/c1-14-11-22(33)32(17-4-2-3-15(26)12-17)31-23(14)25(34)30-16-5-6-21(19(27)13-16)35-20-8-10-29-24-18(20)7-9-28-24/h2-13H,1H3,(H,28,29)(H,30,34). The van der Waals surface area contributed by atoms with Crippen molar-refractivity contribution in [3.63, 3.8) is 0 Å². The number of carbonyl (C=O) groups excluding carboxylic acids is 1. The highest BCUT2D eigenvalue weighted by Gasteiger charge is 2.17. The molecule has 2 N–H and O–H groups in total. The zero-order valence-corrected chi connectivity index (χ0v) is 18.3. The fourth-order valence-corrected chi connectivity index (χ4v) is 3.55. The number of ether oxygens (including phenoxy) is 1. The van der Waals surface area contributed by atoms with E-state index in [0.29, 0.717) is 22.3 Å². The molecule has 1 amide bonds. The van der Waals surface area contributed by atoms with E-state index in [9.17, 15) is 18.4 Å². The van der Waals surface area contributed by atoms with Gasteiger partial charge in [-0.3, -0.25) is 9.59 Å². The molecule has 10 heteroatoms. The highest BCUT2D eigenvalue weighted by molar-refractivity contribution is 6.03. The number of halogens is 2. The summed E-state index contributed by atoms with van der Waals surface area (Å²) in [5.41, 5.74) is 0.657. The van der Waals surface area contributed by atoms with Gasteiger partial charge in [0.15, 0.2) is 17.3 Å². The smallest absolute Gasteiger partial charge is 0.276 e. The molecule has 2 aromatic carbocycles. The van der Waals surface area contributed by atoms with Crippen molar-refractivity contribution in [2.75, 3.05) is 5.32 Å². The van der Waals surface area contributed by atoms with Crippen molar-refractivity contribution in [3.8, 4) is 17.2 Å². The zero-order valence-electron chi connectivity index (χ0n) is 18.3. The van der Waals surface area contributed by atoms with Crippen molar-refractivity contribution < 1.29 is 18.3 Å². The number of nitrogens with one attached hydrogen (secondary N) is 2. The van der Waals surface area contributed by atoms with Gasteiger partial charge in [0.2, 0.25) is 0 Å². The van der Waals surface area contributed by atoms with Crippen LogP contribution >= 0.6 is 0 Å². The van der Waals surface area contributed by atoms with E-state index in [1.54, 1.807) is 31.5 Å². The average Bonchev–Trinajstić information content (AvgIpc) is 3.31. The monoisotopic (exact) mass is 473 g/mol. The maximum atomic E-state index is 14.8. The van der Waals surface area contributed by atoms with Gasteiger partial charge in [-0.25, -0.2) is 13.8 Å². The summed E-state index contributed by atoms with van der Waals surface area (Å²) in [7, 11) is 0. The molecule has 174 valence electrons. The third kappa shape index (κ3) is 4.36. The minimum absolute atomic E-state index is 0.0364. The lowest BCUT2D eigenvalue weighted by Crippen LogP contribution is -2.26. The van der Waals surface area contributed by atoms with Crippen LogP contribution in [0.4, 0.5) is 14.5 Å². The summed E-state index contributed by atoms with van der Waals surface area (Å²) in [6, 6.07) is 13.9. The molecule has 0 aliphatic rings. The SMILES string of the molecule is Cc1cc(=O)n(-c2cccc(F)c2)nc1C(=O)Nc1ccc(Oc2ccnc3[nH]ccc23)c(F)c1. The van der Waals surface area contributed by atoms with E-state index in [2.05, 4.69) is 20.4 Å². The van der Waals surface area contributed by atoms with Gasteiger partial charge in [-0.05, 0) is 55.0 Å². The van der Waals surface area contributed by atoms with Gasteiger partial charge in [0.1, 0.15) is 17.2 Å². The quantitative estimate of drug-likeness (QED) is 0.384. The third-order valence-electron chi connectivity index (χ3n) is 5.22. The number of benzene rings is 2. The number of H-pyrrole nitrogens is 1. The van der Waals surface area contributed by atoms with E-state index in [1.165, 1.54) is 36.4 Å². The highest BCUT2D eigenvalue weighted by Crippen LogP contribution is 2.31. The van der Waals surface area contributed by atoms with Gasteiger partial charge in [-0.2, -0.15) is 9.78 Å². The summed E-state index contributed by atoms with van der Waals surface area (Å²) in [6.45, 7) is 1.55. The van der Waals surface area contributed by atoms with Crippen molar-refractivity contribution in [2.45, 2.75) is 6.92 Å². The predicted molar refractivity (Wildman–Crippen MR) is 125 cm³/mol. The Morgan fingerprint density at radius 3 is 2.71 bits per heavy atom. The molecule has 0 atom stereocenters. The van der Waals surface area contributed by atoms with Gasteiger partial charge in [0.05, 0.1) is 11.1 Å². The largest absolute Gasteiger partial charge is 0.453 e. The Morgan fingerprint density at radius 2 is 1.91 bits per heavy atom. The summed E-state index contributed by atoms with van der Waals surface area (Å²) >= 11 is 0. The van der Waals surface area contributed by atoms with Crippen LogP contribution in [0, 0.1) is 18.6 Å². The molecule has 35 heavy (non-hydrogen) atoms. The summed E-state index contributed by atoms with van der Waals surface area (Å²) in [6.07, 6.45) is 3.24. The zero-order chi connectivity index (χ0) is 24.5.